The van der Waals surface area contributed by atoms with Crippen LogP contribution in [0.1, 0.15) is 40.4 Å². The molecular weight excluding hydrogens is 346 g/mol. The Balaban J connectivity index is 1.85. The maximum atomic E-state index is 13.0. The molecule has 0 aliphatic carbocycles. The van der Waals surface area contributed by atoms with Crippen LogP contribution < -0.4 is 9.47 Å². The molecule has 1 N–H and O–H groups in total. The van der Waals surface area contributed by atoms with E-state index in [2.05, 4.69) is 0 Å². The Labute approximate surface area is 158 Å². The normalized spacial score (nSPS) is 16.2. The van der Waals surface area contributed by atoms with E-state index in [4.69, 9.17) is 9.47 Å². The highest BCUT2D eigenvalue weighted by Crippen LogP contribution is 2.39. The first-order chi connectivity index (χ1) is 13.0. The second kappa shape index (κ2) is 8.12. The lowest BCUT2D eigenvalue weighted by atomic mass is 10.0. The molecule has 0 radical (unpaired) electrons. The van der Waals surface area contributed by atoms with E-state index in [1.54, 1.807) is 32.4 Å². The summed E-state index contributed by atoms with van der Waals surface area (Å²) in [7, 11) is 3.20. The Morgan fingerprint density at radius 2 is 1.93 bits per heavy atom. The molecule has 6 heteroatoms. The summed E-state index contributed by atoms with van der Waals surface area (Å²) in [5, 5.41) is 9.34. The predicted molar refractivity (Wildman–Crippen MR) is 100 cm³/mol. The smallest absolute Gasteiger partial charge is 0.335 e. The fourth-order valence-electron chi connectivity index (χ4n) is 3.63. The van der Waals surface area contributed by atoms with Crippen LogP contribution in [0.5, 0.6) is 11.5 Å². The van der Waals surface area contributed by atoms with Crippen LogP contribution in [0.25, 0.3) is 0 Å². The summed E-state index contributed by atoms with van der Waals surface area (Å²) in [6.07, 6.45) is 1.80. The third-order valence-electron chi connectivity index (χ3n) is 4.96. The van der Waals surface area contributed by atoms with Crippen LogP contribution in [0.3, 0.4) is 0 Å². The van der Waals surface area contributed by atoms with Crippen LogP contribution >= 0.6 is 0 Å². The monoisotopic (exact) mass is 369 g/mol. The van der Waals surface area contributed by atoms with E-state index >= 15 is 0 Å². The number of rotatable bonds is 6. The number of amides is 1. The Hall–Kier alpha value is -3.02. The lowest BCUT2D eigenvalue weighted by Gasteiger charge is -2.27. The third kappa shape index (κ3) is 3.89. The summed E-state index contributed by atoms with van der Waals surface area (Å²) in [5.41, 5.74) is 1.64. The van der Waals surface area contributed by atoms with Crippen LogP contribution in [0.15, 0.2) is 42.5 Å². The number of carbonyl (C=O) groups excluding carboxylic acids is 1. The van der Waals surface area contributed by atoms with Crippen LogP contribution in [0.4, 0.5) is 0 Å². The van der Waals surface area contributed by atoms with Gasteiger partial charge in [-0.25, -0.2) is 4.79 Å². The molecule has 142 valence electrons. The fourth-order valence-corrected chi connectivity index (χ4v) is 3.63. The van der Waals surface area contributed by atoms with Crippen molar-refractivity contribution < 1.29 is 24.2 Å². The third-order valence-corrected chi connectivity index (χ3v) is 4.96. The van der Waals surface area contributed by atoms with Crippen molar-refractivity contribution >= 4 is 11.9 Å². The molecule has 1 aliphatic rings. The average molecular weight is 369 g/mol. The van der Waals surface area contributed by atoms with E-state index in [-0.39, 0.29) is 23.9 Å². The van der Waals surface area contributed by atoms with Gasteiger partial charge in [0.2, 0.25) is 5.91 Å². The molecule has 27 heavy (non-hydrogen) atoms. The summed E-state index contributed by atoms with van der Waals surface area (Å²) in [6, 6.07) is 12.2. The van der Waals surface area contributed by atoms with Gasteiger partial charge in [0.15, 0.2) is 0 Å². The first-order valence-electron chi connectivity index (χ1n) is 8.87. The van der Waals surface area contributed by atoms with Gasteiger partial charge in [-0.1, -0.05) is 18.2 Å². The zero-order valence-electron chi connectivity index (χ0n) is 15.5. The zero-order valence-corrected chi connectivity index (χ0v) is 15.5. The lowest BCUT2D eigenvalue weighted by Crippen LogP contribution is -2.32. The average Bonchev–Trinajstić information content (AvgIpc) is 3.17. The Morgan fingerprint density at radius 1 is 1.15 bits per heavy atom. The van der Waals surface area contributed by atoms with E-state index < -0.39 is 5.97 Å². The number of hydrogen-bond acceptors (Lipinski definition) is 4. The number of hydrogen-bond donors (Lipinski definition) is 1. The van der Waals surface area contributed by atoms with E-state index in [0.717, 1.165) is 18.4 Å². The largest absolute Gasteiger partial charge is 0.497 e. The van der Waals surface area contributed by atoms with Crippen molar-refractivity contribution in [1.82, 2.24) is 4.90 Å². The van der Waals surface area contributed by atoms with Crippen molar-refractivity contribution in [3.05, 3.63) is 59.2 Å². The maximum Gasteiger partial charge on any atom is 0.335 e. The van der Waals surface area contributed by atoms with Gasteiger partial charge < -0.3 is 19.5 Å². The summed E-state index contributed by atoms with van der Waals surface area (Å²) >= 11 is 0. The number of carbonyl (C=O) groups is 2. The second-order valence-corrected chi connectivity index (χ2v) is 6.49. The van der Waals surface area contributed by atoms with Gasteiger partial charge in [0, 0.05) is 18.2 Å². The molecule has 2 aromatic carbocycles. The van der Waals surface area contributed by atoms with Crippen molar-refractivity contribution in [1.29, 1.82) is 0 Å². The van der Waals surface area contributed by atoms with Gasteiger partial charge in [-0.2, -0.15) is 0 Å². The van der Waals surface area contributed by atoms with Gasteiger partial charge >= 0.3 is 5.97 Å². The molecule has 2 aromatic rings. The molecular formula is C21H23NO5. The highest BCUT2D eigenvalue weighted by Gasteiger charge is 2.32. The number of carboxylic acid groups (broad SMARTS) is 1. The number of nitrogens with zero attached hydrogens (tertiary/aromatic N) is 1. The molecule has 1 atom stereocenters. The molecule has 1 amide bonds. The van der Waals surface area contributed by atoms with Crippen LogP contribution in [-0.4, -0.2) is 42.6 Å². The molecule has 1 unspecified atom stereocenters. The fraction of sp³-hybridized carbons (Fsp3) is 0.333. The van der Waals surface area contributed by atoms with Crippen molar-refractivity contribution in [2.45, 2.75) is 25.3 Å². The highest BCUT2D eigenvalue weighted by atomic mass is 16.5. The minimum absolute atomic E-state index is 0.0669. The Kier molecular flexibility index (Phi) is 5.64. The predicted octanol–water partition coefficient (Wildman–Crippen LogP) is 3.31. The number of aromatic carboxylic acids is 1. The molecule has 3 rings (SSSR count). The van der Waals surface area contributed by atoms with E-state index in [1.165, 1.54) is 6.07 Å². The van der Waals surface area contributed by atoms with E-state index in [9.17, 15) is 14.7 Å². The van der Waals surface area contributed by atoms with Gasteiger partial charge in [0.1, 0.15) is 11.5 Å². The maximum absolute atomic E-state index is 13.0. The Bertz CT molecular complexity index is 848. The summed E-state index contributed by atoms with van der Waals surface area (Å²) in [4.78, 5) is 26.2. The highest BCUT2D eigenvalue weighted by molar-refractivity contribution is 5.91. The topological polar surface area (TPSA) is 76.1 Å². The summed E-state index contributed by atoms with van der Waals surface area (Å²) < 4.78 is 10.7. The van der Waals surface area contributed by atoms with Crippen LogP contribution in [0.2, 0.25) is 0 Å². The second-order valence-electron chi connectivity index (χ2n) is 6.49. The zero-order chi connectivity index (χ0) is 19.4. The lowest BCUT2D eigenvalue weighted by molar-refractivity contribution is -0.131. The van der Waals surface area contributed by atoms with Crippen molar-refractivity contribution in [3.63, 3.8) is 0 Å². The number of methoxy groups -OCH3 is 2. The van der Waals surface area contributed by atoms with Gasteiger partial charge in [-0.3, -0.25) is 4.79 Å². The van der Waals surface area contributed by atoms with E-state index in [1.807, 2.05) is 23.1 Å². The first kappa shape index (κ1) is 18.8. The number of ether oxygens (including phenoxy) is 2. The summed E-state index contributed by atoms with van der Waals surface area (Å²) in [6.45, 7) is 0.647. The quantitative estimate of drug-likeness (QED) is 0.845. The molecule has 1 aliphatic heterocycles. The molecule has 0 aromatic heterocycles. The molecule has 6 nitrogen and oxygen atoms in total. The van der Waals surface area contributed by atoms with Crippen LogP contribution in [-0.2, 0) is 11.2 Å². The van der Waals surface area contributed by atoms with Crippen molar-refractivity contribution in [2.24, 2.45) is 0 Å². The molecule has 0 saturated carbocycles. The van der Waals surface area contributed by atoms with Crippen molar-refractivity contribution in [2.75, 3.05) is 20.8 Å². The Morgan fingerprint density at radius 3 is 2.63 bits per heavy atom. The van der Waals surface area contributed by atoms with Gasteiger partial charge in [0.25, 0.3) is 0 Å². The van der Waals surface area contributed by atoms with Crippen molar-refractivity contribution in [3.8, 4) is 11.5 Å². The number of likely N-dealkylation sites (tertiary alicyclic amines) is 1. The van der Waals surface area contributed by atoms with Gasteiger partial charge in [-0.15, -0.1) is 0 Å². The minimum atomic E-state index is -1.02. The van der Waals surface area contributed by atoms with Gasteiger partial charge in [-0.05, 0) is 36.6 Å². The number of carboxylic acids is 1. The van der Waals surface area contributed by atoms with Crippen LogP contribution in [0, 0.1) is 0 Å². The molecule has 1 fully saturated rings. The molecule has 0 spiro atoms. The summed E-state index contributed by atoms with van der Waals surface area (Å²) in [5.74, 6) is 0.282. The number of benzene rings is 2. The molecule has 0 bridgehead atoms. The van der Waals surface area contributed by atoms with Gasteiger partial charge in [0.05, 0.1) is 32.2 Å². The van der Waals surface area contributed by atoms with E-state index in [0.29, 0.717) is 23.6 Å². The minimum Gasteiger partial charge on any atom is -0.497 e. The first-order valence-corrected chi connectivity index (χ1v) is 8.87. The SMILES string of the molecule is COc1ccc(C2CCCN2C(=O)Cc2ccccc2C(=O)O)c(OC)c1. The standard InChI is InChI=1S/C21H23NO5/c1-26-15-9-10-17(19(13-15)27-2)18-8-5-11-22(18)20(23)12-14-6-3-4-7-16(14)21(24)25/h3-4,6-7,9-10,13,18H,5,8,11-12H2,1-2H3,(H,24,25). The molecule has 1 saturated heterocycles. The molecule has 1 heterocycles.